The van der Waals surface area contributed by atoms with Crippen molar-refractivity contribution in [1.82, 2.24) is 14.5 Å². The molecule has 2 aromatic heterocycles. The van der Waals surface area contributed by atoms with Crippen LogP contribution in [0.5, 0.6) is 0 Å². The molecule has 0 spiro atoms. The zero-order valence-corrected chi connectivity index (χ0v) is 18.7. The number of thioether (sulfide) groups is 1. The lowest BCUT2D eigenvalue weighted by Gasteiger charge is -2.15. The SMILES string of the molecule is COC(=O)c1c(CSc2nc3ccccc3c(=O)n2CCCO)nc2ccccc2c1C. The minimum Gasteiger partial charge on any atom is -0.465 e. The highest BCUT2D eigenvalue weighted by molar-refractivity contribution is 7.98. The highest BCUT2D eigenvalue weighted by Gasteiger charge is 2.20. The smallest absolute Gasteiger partial charge is 0.340 e. The lowest BCUT2D eigenvalue weighted by molar-refractivity contribution is 0.0598. The van der Waals surface area contributed by atoms with Gasteiger partial charge in [0, 0.05) is 24.3 Å². The van der Waals surface area contributed by atoms with Crippen LogP contribution in [0.15, 0.2) is 58.5 Å². The molecule has 0 bridgehead atoms. The number of pyridine rings is 1. The number of rotatable bonds is 7. The van der Waals surface area contributed by atoms with E-state index in [1.54, 1.807) is 22.8 Å². The standard InChI is InChI=1S/C24H23N3O4S/c1-15-16-8-3-5-10-18(16)25-20(21(15)23(30)31-2)14-32-24-26-19-11-6-4-9-17(19)22(29)27(24)12-7-13-28/h3-6,8-11,28H,7,12-14H2,1-2H3. The third-order valence-corrected chi connectivity index (χ3v) is 6.31. The van der Waals surface area contributed by atoms with Gasteiger partial charge in [-0.1, -0.05) is 42.1 Å². The maximum atomic E-state index is 13.1. The summed E-state index contributed by atoms with van der Waals surface area (Å²) in [6.45, 7) is 2.21. The second-order valence-corrected chi connectivity index (χ2v) is 8.24. The number of aliphatic hydroxyl groups excluding tert-OH is 1. The van der Waals surface area contributed by atoms with Crippen LogP contribution in [0.2, 0.25) is 0 Å². The van der Waals surface area contributed by atoms with E-state index in [-0.39, 0.29) is 12.2 Å². The predicted octanol–water partition coefficient (Wildman–Crippen LogP) is 3.71. The topological polar surface area (TPSA) is 94.3 Å². The molecule has 7 nitrogen and oxygen atoms in total. The molecule has 32 heavy (non-hydrogen) atoms. The number of hydrogen-bond donors (Lipinski definition) is 1. The van der Waals surface area contributed by atoms with E-state index in [9.17, 15) is 14.7 Å². The second kappa shape index (κ2) is 9.50. The van der Waals surface area contributed by atoms with Gasteiger partial charge in [0.2, 0.25) is 0 Å². The van der Waals surface area contributed by atoms with E-state index < -0.39 is 5.97 Å². The normalized spacial score (nSPS) is 11.2. The van der Waals surface area contributed by atoms with Crippen LogP contribution in [0.1, 0.15) is 28.0 Å². The third-order valence-electron chi connectivity index (χ3n) is 5.32. The molecule has 0 radical (unpaired) electrons. The molecule has 8 heteroatoms. The number of hydrogen-bond acceptors (Lipinski definition) is 7. The fourth-order valence-electron chi connectivity index (χ4n) is 3.73. The number of nitrogens with zero attached hydrogens (tertiary/aromatic N) is 3. The molecule has 4 aromatic rings. The Balaban J connectivity index is 1.79. The van der Waals surface area contributed by atoms with Crippen molar-refractivity contribution in [3.63, 3.8) is 0 Å². The Morgan fingerprint density at radius 2 is 1.72 bits per heavy atom. The molecule has 0 aliphatic rings. The Bertz CT molecular complexity index is 1370. The average molecular weight is 450 g/mol. The molecular formula is C24H23N3O4S. The van der Waals surface area contributed by atoms with Gasteiger partial charge in [-0.3, -0.25) is 14.3 Å². The van der Waals surface area contributed by atoms with Crippen molar-refractivity contribution in [2.75, 3.05) is 13.7 Å². The zero-order valence-electron chi connectivity index (χ0n) is 17.9. The number of ether oxygens (including phenoxy) is 1. The molecule has 0 aliphatic heterocycles. The van der Waals surface area contributed by atoms with Gasteiger partial charge >= 0.3 is 5.97 Å². The molecule has 164 valence electrons. The van der Waals surface area contributed by atoms with E-state index in [0.29, 0.717) is 46.0 Å². The molecule has 2 aromatic carbocycles. The summed E-state index contributed by atoms with van der Waals surface area (Å²) in [7, 11) is 1.35. The molecule has 0 saturated carbocycles. The maximum absolute atomic E-state index is 13.1. The van der Waals surface area contributed by atoms with Crippen molar-refractivity contribution < 1.29 is 14.6 Å². The van der Waals surface area contributed by atoms with Crippen LogP contribution >= 0.6 is 11.8 Å². The Hall–Kier alpha value is -3.23. The largest absolute Gasteiger partial charge is 0.465 e. The summed E-state index contributed by atoms with van der Waals surface area (Å²) in [5.74, 6) is -0.111. The van der Waals surface area contributed by atoms with Gasteiger partial charge in [-0.05, 0) is 37.1 Å². The van der Waals surface area contributed by atoms with E-state index >= 15 is 0 Å². The van der Waals surface area contributed by atoms with Crippen molar-refractivity contribution in [3.8, 4) is 0 Å². The van der Waals surface area contributed by atoms with E-state index in [4.69, 9.17) is 9.72 Å². The molecule has 0 amide bonds. The zero-order chi connectivity index (χ0) is 22.7. The Kier molecular flexibility index (Phi) is 6.53. The number of aromatic nitrogens is 3. The van der Waals surface area contributed by atoms with E-state index in [1.165, 1.54) is 18.9 Å². The van der Waals surface area contributed by atoms with Crippen molar-refractivity contribution >= 4 is 39.5 Å². The molecule has 0 atom stereocenters. The molecule has 0 saturated heterocycles. The van der Waals surface area contributed by atoms with Gasteiger partial charge < -0.3 is 9.84 Å². The van der Waals surface area contributed by atoms with Gasteiger partial charge in [0.15, 0.2) is 5.16 Å². The Morgan fingerprint density at radius 1 is 1.06 bits per heavy atom. The molecule has 1 N–H and O–H groups in total. The summed E-state index contributed by atoms with van der Waals surface area (Å²) < 4.78 is 6.60. The number of methoxy groups -OCH3 is 1. The number of para-hydroxylation sites is 2. The third kappa shape index (κ3) is 4.11. The van der Waals surface area contributed by atoms with Crippen LogP contribution in [0.25, 0.3) is 21.8 Å². The van der Waals surface area contributed by atoms with Crippen LogP contribution in [-0.4, -0.2) is 39.3 Å². The Labute approximate surface area is 189 Å². The fourth-order valence-corrected chi connectivity index (χ4v) is 4.70. The highest BCUT2D eigenvalue weighted by atomic mass is 32.2. The number of fused-ring (bicyclic) bond motifs is 2. The van der Waals surface area contributed by atoms with Crippen LogP contribution in [0.3, 0.4) is 0 Å². The van der Waals surface area contributed by atoms with Crippen molar-refractivity contribution in [2.45, 2.75) is 30.8 Å². The molecule has 0 unspecified atom stereocenters. The predicted molar refractivity (Wildman–Crippen MR) is 125 cm³/mol. The number of benzene rings is 2. The first-order valence-corrected chi connectivity index (χ1v) is 11.2. The number of esters is 1. The number of carbonyl (C=O) groups is 1. The van der Waals surface area contributed by atoms with E-state index in [1.807, 2.05) is 37.3 Å². The summed E-state index contributed by atoms with van der Waals surface area (Å²) in [5.41, 5.74) is 3.07. The van der Waals surface area contributed by atoms with E-state index in [2.05, 4.69) is 4.98 Å². The molecule has 0 aliphatic carbocycles. The Morgan fingerprint density at radius 3 is 2.41 bits per heavy atom. The first kappa shape index (κ1) is 22.0. The summed E-state index contributed by atoms with van der Waals surface area (Å²) in [6, 6.07) is 14.8. The van der Waals surface area contributed by atoms with Crippen LogP contribution in [0, 0.1) is 6.92 Å². The first-order valence-electron chi connectivity index (χ1n) is 10.2. The molecule has 4 rings (SSSR count). The lowest BCUT2D eigenvalue weighted by Crippen LogP contribution is -2.24. The number of aryl methyl sites for hydroxylation is 1. The quantitative estimate of drug-likeness (QED) is 0.261. The summed E-state index contributed by atoms with van der Waals surface area (Å²) >= 11 is 1.34. The monoisotopic (exact) mass is 449 g/mol. The van der Waals surface area contributed by atoms with E-state index in [0.717, 1.165) is 16.5 Å². The fraction of sp³-hybridized carbons (Fsp3) is 0.250. The summed E-state index contributed by atoms with van der Waals surface area (Å²) in [5, 5.41) is 11.2. The highest BCUT2D eigenvalue weighted by Crippen LogP contribution is 2.28. The minimum atomic E-state index is -0.444. The van der Waals surface area contributed by atoms with Gasteiger partial charge in [0.05, 0.1) is 34.8 Å². The van der Waals surface area contributed by atoms with Crippen LogP contribution < -0.4 is 5.56 Å². The molecule has 0 fully saturated rings. The summed E-state index contributed by atoms with van der Waals surface area (Å²) in [4.78, 5) is 35.0. The van der Waals surface area contributed by atoms with Gasteiger partial charge in [0.25, 0.3) is 5.56 Å². The lowest BCUT2D eigenvalue weighted by atomic mass is 10.0. The van der Waals surface area contributed by atoms with Gasteiger partial charge in [-0.25, -0.2) is 9.78 Å². The van der Waals surface area contributed by atoms with Gasteiger partial charge in [-0.15, -0.1) is 0 Å². The summed E-state index contributed by atoms with van der Waals surface area (Å²) in [6.07, 6.45) is 0.439. The van der Waals surface area contributed by atoms with Crippen molar-refractivity contribution in [1.29, 1.82) is 0 Å². The first-order chi connectivity index (χ1) is 15.5. The van der Waals surface area contributed by atoms with Crippen LogP contribution in [-0.2, 0) is 17.0 Å². The molecular weight excluding hydrogens is 426 g/mol. The average Bonchev–Trinajstić information content (AvgIpc) is 2.82. The maximum Gasteiger partial charge on any atom is 0.340 e. The molecule has 2 heterocycles. The number of carbonyl (C=O) groups excluding carboxylic acids is 1. The number of aliphatic hydroxyl groups is 1. The van der Waals surface area contributed by atoms with Crippen LogP contribution in [0.4, 0.5) is 0 Å². The van der Waals surface area contributed by atoms with Gasteiger partial charge in [0.1, 0.15) is 0 Å². The minimum absolute atomic E-state index is 0.0265. The second-order valence-electron chi connectivity index (χ2n) is 7.30. The van der Waals surface area contributed by atoms with Gasteiger partial charge in [-0.2, -0.15) is 0 Å². The van der Waals surface area contributed by atoms with Crippen molar-refractivity contribution in [3.05, 3.63) is 75.7 Å². The van der Waals surface area contributed by atoms with Crippen molar-refractivity contribution in [2.24, 2.45) is 0 Å².